The highest BCUT2D eigenvalue weighted by Gasteiger charge is 2.37. The summed E-state index contributed by atoms with van der Waals surface area (Å²) in [5.41, 5.74) is 3.88. The Labute approximate surface area is 200 Å². The first-order valence-electron chi connectivity index (χ1n) is 11.1. The zero-order chi connectivity index (χ0) is 24.3. The van der Waals surface area contributed by atoms with Crippen molar-refractivity contribution in [2.45, 2.75) is 30.3 Å². The number of amides is 1. The number of nitrogens with zero attached hydrogens (tertiary/aromatic N) is 2. The molecule has 3 aromatic carbocycles. The van der Waals surface area contributed by atoms with Crippen molar-refractivity contribution in [1.82, 2.24) is 9.62 Å². The average Bonchev–Trinajstić information content (AvgIpc) is 2.83. The molecule has 0 aromatic heterocycles. The summed E-state index contributed by atoms with van der Waals surface area (Å²) in [6.45, 7) is 0.603. The van der Waals surface area contributed by atoms with E-state index in [1.54, 1.807) is 0 Å². The highest BCUT2D eigenvalue weighted by Crippen LogP contribution is 2.36. The maximum Gasteiger partial charge on any atom is 0.243 e. The smallest absolute Gasteiger partial charge is 0.243 e. The number of carbonyl (C=O) groups is 1. The molecule has 1 atom stereocenters. The fourth-order valence-electron chi connectivity index (χ4n) is 4.23. The van der Waals surface area contributed by atoms with E-state index in [0.29, 0.717) is 13.0 Å². The molecule has 4 rings (SSSR count). The van der Waals surface area contributed by atoms with Gasteiger partial charge in [0.15, 0.2) is 0 Å². The average molecular weight is 482 g/mol. The predicted octanol–water partition coefficient (Wildman–Crippen LogP) is 3.89. The molecule has 1 unspecified atom stereocenters. The van der Waals surface area contributed by atoms with Gasteiger partial charge in [-0.25, -0.2) is 12.8 Å². The normalized spacial score (nSPS) is 16.0. The molecule has 0 spiro atoms. The van der Waals surface area contributed by atoms with E-state index in [1.165, 1.54) is 16.4 Å². The lowest BCUT2D eigenvalue weighted by Crippen LogP contribution is -2.42. The summed E-state index contributed by atoms with van der Waals surface area (Å²) in [4.78, 5) is 14.9. The van der Waals surface area contributed by atoms with Crippen LogP contribution in [0, 0.1) is 5.82 Å². The monoisotopic (exact) mass is 481 g/mol. The maximum atomic E-state index is 13.4. The number of nitrogens with one attached hydrogen (secondary N) is 1. The molecular weight excluding hydrogens is 453 g/mol. The first-order valence-corrected chi connectivity index (χ1v) is 12.6. The van der Waals surface area contributed by atoms with Crippen LogP contribution in [0.4, 0.5) is 10.1 Å². The van der Waals surface area contributed by atoms with Crippen LogP contribution in [0.15, 0.2) is 77.7 Å². The Bertz CT molecular complexity index is 1260. The molecule has 1 N–H and O–H groups in total. The van der Waals surface area contributed by atoms with Crippen molar-refractivity contribution < 1.29 is 17.6 Å². The van der Waals surface area contributed by atoms with Crippen LogP contribution in [0.3, 0.4) is 0 Å². The lowest BCUT2D eigenvalue weighted by atomic mass is 9.92. The van der Waals surface area contributed by atoms with E-state index < -0.39 is 21.9 Å². The number of hydrogen-bond acceptors (Lipinski definition) is 4. The number of rotatable bonds is 7. The van der Waals surface area contributed by atoms with Gasteiger partial charge in [-0.05, 0) is 59.5 Å². The zero-order valence-electron chi connectivity index (χ0n) is 19.2. The molecule has 1 amide bonds. The van der Waals surface area contributed by atoms with Crippen molar-refractivity contribution in [3.8, 4) is 0 Å². The van der Waals surface area contributed by atoms with Crippen molar-refractivity contribution in [1.29, 1.82) is 0 Å². The molecule has 178 valence electrons. The van der Waals surface area contributed by atoms with E-state index in [2.05, 4.69) is 5.32 Å². The van der Waals surface area contributed by atoms with Gasteiger partial charge in [0.1, 0.15) is 5.82 Å². The Kier molecular flexibility index (Phi) is 7.00. The SMILES string of the molecule is CN(C)c1ccc(CNC(=O)CC2c3ccccc3CCN2S(=O)(=O)c2ccc(F)cc2)cc1. The molecule has 0 saturated carbocycles. The van der Waals surface area contributed by atoms with E-state index in [-0.39, 0.29) is 23.8 Å². The summed E-state index contributed by atoms with van der Waals surface area (Å²) in [7, 11) is 0.0113. The number of hydrogen-bond donors (Lipinski definition) is 1. The molecule has 34 heavy (non-hydrogen) atoms. The summed E-state index contributed by atoms with van der Waals surface area (Å²) in [6.07, 6.45) is 0.542. The fourth-order valence-corrected chi connectivity index (χ4v) is 5.84. The molecule has 3 aromatic rings. The number of benzene rings is 3. The van der Waals surface area contributed by atoms with Gasteiger partial charge >= 0.3 is 0 Å². The Morgan fingerprint density at radius 1 is 1.03 bits per heavy atom. The highest BCUT2D eigenvalue weighted by atomic mass is 32.2. The van der Waals surface area contributed by atoms with Gasteiger partial charge in [-0.2, -0.15) is 4.31 Å². The Morgan fingerprint density at radius 3 is 2.38 bits per heavy atom. The summed E-state index contributed by atoms with van der Waals surface area (Å²) < 4.78 is 41.6. The van der Waals surface area contributed by atoms with Crippen molar-refractivity contribution >= 4 is 21.6 Å². The van der Waals surface area contributed by atoms with Crippen LogP contribution >= 0.6 is 0 Å². The quantitative estimate of drug-likeness (QED) is 0.556. The second-order valence-electron chi connectivity index (χ2n) is 8.58. The number of sulfonamides is 1. The van der Waals surface area contributed by atoms with Crippen molar-refractivity contribution in [2.75, 3.05) is 25.5 Å². The summed E-state index contributed by atoms with van der Waals surface area (Å²) in [6, 6.07) is 19.6. The fraction of sp³-hybridized carbons (Fsp3) is 0.269. The van der Waals surface area contributed by atoms with E-state index in [0.717, 1.165) is 34.5 Å². The number of carbonyl (C=O) groups excluding carboxylic acids is 1. The van der Waals surface area contributed by atoms with E-state index >= 15 is 0 Å². The van der Waals surface area contributed by atoms with Gasteiger partial charge in [0.05, 0.1) is 10.9 Å². The lowest BCUT2D eigenvalue weighted by Gasteiger charge is -2.36. The zero-order valence-corrected chi connectivity index (χ0v) is 20.1. The molecule has 0 radical (unpaired) electrons. The third kappa shape index (κ3) is 5.13. The van der Waals surface area contributed by atoms with Crippen LogP contribution in [-0.4, -0.2) is 39.3 Å². The van der Waals surface area contributed by atoms with Gasteiger partial charge in [-0.1, -0.05) is 36.4 Å². The van der Waals surface area contributed by atoms with Crippen LogP contribution in [-0.2, 0) is 27.8 Å². The molecule has 8 heteroatoms. The van der Waals surface area contributed by atoms with E-state index in [4.69, 9.17) is 0 Å². The molecular formula is C26H28FN3O3S. The highest BCUT2D eigenvalue weighted by molar-refractivity contribution is 7.89. The van der Waals surface area contributed by atoms with E-state index in [9.17, 15) is 17.6 Å². The lowest BCUT2D eigenvalue weighted by molar-refractivity contribution is -0.122. The summed E-state index contributed by atoms with van der Waals surface area (Å²) >= 11 is 0. The second kappa shape index (κ2) is 9.95. The minimum Gasteiger partial charge on any atom is -0.378 e. The Hall–Kier alpha value is -3.23. The minimum atomic E-state index is -3.91. The standard InChI is InChI=1S/C26H28FN3O3S/c1-29(2)22-11-7-19(8-12-22)18-28-26(31)17-25-24-6-4-3-5-20(24)15-16-30(25)34(32,33)23-13-9-21(27)10-14-23/h3-14,25H,15-18H2,1-2H3,(H,28,31). The first kappa shape index (κ1) is 23.9. The van der Waals surface area contributed by atoms with Crippen molar-refractivity contribution in [3.63, 3.8) is 0 Å². The van der Waals surface area contributed by atoms with Crippen LogP contribution in [0.2, 0.25) is 0 Å². The van der Waals surface area contributed by atoms with Gasteiger partial charge in [0, 0.05) is 39.3 Å². The summed E-state index contributed by atoms with van der Waals surface area (Å²) in [5.74, 6) is -0.741. The Morgan fingerprint density at radius 2 is 1.71 bits per heavy atom. The van der Waals surface area contributed by atoms with Crippen LogP contribution in [0.25, 0.3) is 0 Å². The molecule has 6 nitrogen and oxygen atoms in total. The number of fused-ring (bicyclic) bond motifs is 1. The third-order valence-electron chi connectivity index (χ3n) is 6.10. The molecule has 0 aliphatic carbocycles. The van der Waals surface area contributed by atoms with Gasteiger partial charge in [0.2, 0.25) is 15.9 Å². The topological polar surface area (TPSA) is 69.7 Å². The van der Waals surface area contributed by atoms with Crippen LogP contribution in [0.1, 0.15) is 29.2 Å². The third-order valence-corrected chi connectivity index (χ3v) is 8.03. The van der Waals surface area contributed by atoms with Crippen LogP contribution in [0.5, 0.6) is 0 Å². The molecule has 0 saturated heterocycles. The van der Waals surface area contributed by atoms with Crippen LogP contribution < -0.4 is 10.2 Å². The van der Waals surface area contributed by atoms with Crippen molar-refractivity contribution in [2.24, 2.45) is 0 Å². The maximum absolute atomic E-state index is 13.4. The minimum absolute atomic E-state index is 0.00673. The molecule has 1 aliphatic heterocycles. The first-order chi connectivity index (χ1) is 16.3. The predicted molar refractivity (Wildman–Crippen MR) is 130 cm³/mol. The van der Waals surface area contributed by atoms with Gasteiger partial charge in [-0.15, -0.1) is 0 Å². The van der Waals surface area contributed by atoms with Crippen molar-refractivity contribution in [3.05, 3.63) is 95.3 Å². The largest absolute Gasteiger partial charge is 0.378 e. The van der Waals surface area contributed by atoms with E-state index in [1.807, 2.05) is 67.5 Å². The molecule has 1 aliphatic rings. The van der Waals surface area contributed by atoms with Gasteiger partial charge in [-0.3, -0.25) is 4.79 Å². The Balaban J connectivity index is 1.54. The second-order valence-corrected chi connectivity index (χ2v) is 10.5. The molecule has 0 fully saturated rings. The van der Waals surface area contributed by atoms with Gasteiger partial charge in [0.25, 0.3) is 0 Å². The summed E-state index contributed by atoms with van der Waals surface area (Å²) in [5, 5.41) is 2.92. The number of anilines is 1. The number of halogens is 1. The molecule has 1 heterocycles. The molecule has 0 bridgehead atoms. The van der Waals surface area contributed by atoms with Gasteiger partial charge < -0.3 is 10.2 Å².